The number of benzene rings is 2. The highest BCUT2D eigenvalue weighted by Crippen LogP contribution is 2.26. The highest BCUT2D eigenvalue weighted by atomic mass is 32.2. The molecule has 1 heterocycles. The lowest BCUT2D eigenvalue weighted by atomic mass is 10.2. The maximum atomic E-state index is 12.0. The van der Waals surface area contributed by atoms with Gasteiger partial charge in [0.25, 0.3) is 5.22 Å². The number of nitrogens with one attached hydrogen (secondary N) is 1. The molecule has 0 aliphatic heterocycles. The molecule has 8 nitrogen and oxygen atoms in total. The van der Waals surface area contributed by atoms with Gasteiger partial charge < -0.3 is 23.9 Å². The molecule has 0 fully saturated rings. The predicted octanol–water partition coefficient (Wildman–Crippen LogP) is 3.04. The van der Waals surface area contributed by atoms with Gasteiger partial charge in [0, 0.05) is 5.56 Å². The molecule has 0 unspecified atom stereocenters. The van der Waals surface area contributed by atoms with Crippen LogP contribution in [-0.2, 0) is 4.79 Å². The Labute approximate surface area is 172 Å². The number of rotatable bonds is 10. The summed E-state index contributed by atoms with van der Waals surface area (Å²) in [5, 5.41) is 11.1. The summed E-state index contributed by atoms with van der Waals surface area (Å²) in [6, 6.07) is 14.6. The van der Waals surface area contributed by atoms with E-state index >= 15 is 0 Å². The lowest BCUT2D eigenvalue weighted by molar-refractivity contribution is -0.118. The molecule has 0 saturated heterocycles. The van der Waals surface area contributed by atoms with Crippen molar-refractivity contribution in [3.05, 3.63) is 48.5 Å². The number of methoxy groups -OCH3 is 2. The van der Waals surface area contributed by atoms with Crippen LogP contribution in [0.15, 0.2) is 58.2 Å². The van der Waals surface area contributed by atoms with Crippen molar-refractivity contribution in [2.45, 2.75) is 5.22 Å². The van der Waals surface area contributed by atoms with E-state index in [0.717, 1.165) is 11.3 Å². The molecule has 0 aliphatic carbocycles. The van der Waals surface area contributed by atoms with Gasteiger partial charge in [-0.25, -0.2) is 0 Å². The van der Waals surface area contributed by atoms with Crippen molar-refractivity contribution in [2.24, 2.45) is 0 Å². The highest BCUT2D eigenvalue weighted by Gasteiger charge is 2.11. The van der Waals surface area contributed by atoms with Gasteiger partial charge in [0.15, 0.2) is 11.5 Å². The summed E-state index contributed by atoms with van der Waals surface area (Å²) >= 11 is 1.17. The number of carbonyl (C=O) groups excluding carboxylic acids is 1. The first-order valence-corrected chi connectivity index (χ1v) is 9.81. The van der Waals surface area contributed by atoms with Crippen molar-refractivity contribution in [1.29, 1.82) is 0 Å². The second kappa shape index (κ2) is 10.4. The molecule has 3 aromatic rings. The maximum absolute atomic E-state index is 12.0. The summed E-state index contributed by atoms with van der Waals surface area (Å²) in [4.78, 5) is 12.0. The van der Waals surface area contributed by atoms with Gasteiger partial charge in [-0.3, -0.25) is 4.79 Å². The van der Waals surface area contributed by atoms with Crippen molar-refractivity contribution >= 4 is 17.7 Å². The summed E-state index contributed by atoms with van der Waals surface area (Å²) in [5.41, 5.74) is 0.781. The summed E-state index contributed by atoms with van der Waals surface area (Å²) < 4.78 is 21.5. The first-order chi connectivity index (χ1) is 14.2. The first-order valence-electron chi connectivity index (χ1n) is 8.83. The number of thioether (sulfide) groups is 1. The van der Waals surface area contributed by atoms with E-state index < -0.39 is 0 Å². The molecule has 1 aromatic heterocycles. The third-order valence-electron chi connectivity index (χ3n) is 3.82. The van der Waals surface area contributed by atoms with E-state index in [1.807, 2.05) is 48.5 Å². The molecule has 152 valence electrons. The van der Waals surface area contributed by atoms with E-state index in [2.05, 4.69) is 15.5 Å². The van der Waals surface area contributed by atoms with Gasteiger partial charge in [0.2, 0.25) is 11.8 Å². The number of nitrogens with zero attached hydrogens (tertiary/aromatic N) is 2. The Bertz CT molecular complexity index is 930. The topological polar surface area (TPSA) is 95.7 Å². The Morgan fingerprint density at radius 2 is 1.79 bits per heavy atom. The van der Waals surface area contributed by atoms with Gasteiger partial charge in [-0.05, 0) is 36.4 Å². The van der Waals surface area contributed by atoms with Crippen molar-refractivity contribution in [2.75, 3.05) is 33.1 Å². The smallest absolute Gasteiger partial charge is 0.277 e. The largest absolute Gasteiger partial charge is 0.497 e. The average molecular weight is 415 g/mol. The van der Waals surface area contributed by atoms with E-state index in [0.29, 0.717) is 35.8 Å². The Kier molecular flexibility index (Phi) is 7.34. The number of amides is 1. The normalized spacial score (nSPS) is 10.4. The van der Waals surface area contributed by atoms with Crippen LogP contribution in [0.3, 0.4) is 0 Å². The lowest BCUT2D eigenvalue weighted by Crippen LogP contribution is -2.29. The minimum Gasteiger partial charge on any atom is -0.497 e. The van der Waals surface area contributed by atoms with Gasteiger partial charge in [-0.2, -0.15) is 0 Å². The van der Waals surface area contributed by atoms with E-state index in [-0.39, 0.29) is 11.7 Å². The molecule has 0 radical (unpaired) electrons. The van der Waals surface area contributed by atoms with Crippen LogP contribution in [0.2, 0.25) is 0 Å². The van der Waals surface area contributed by atoms with Crippen molar-refractivity contribution in [1.82, 2.24) is 15.5 Å². The molecule has 3 rings (SSSR count). The molecule has 0 spiro atoms. The monoisotopic (exact) mass is 415 g/mol. The second-order valence-corrected chi connectivity index (χ2v) is 6.67. The fraction of sp³-hybridized carbons (Fsp3) is 0.250. The van der Waals surface area contributed by atoms with Crippen LogP contribution in [0, 0.1) is 0 Å². The summed E-state index contributed by atoms with van der Waals surface area (Å²) in [6.45, 7) is 0.706. The van der Waals surface area contributed by atoms with E-state index in [1.54, 1.807) is 14.2 Å². The van der Waals surface area contributed by atoms with Gasteiger partial charge in [0.1, 0.15) is 12.4 Å². The molecule has 0 bridgehead atoms. The Morgan fingerprint density at radius 1 is 1.03 bits per heavy atom. The van der Waals surface area contributed by atoms with Gasteiger partial charge >= 0.3 is 0 Å². The second-order valence-electron chi connectivity index (χ2n) is 5.74. The quantitative estimate of drug-likeness (QED) is 0.399. The molecule has 29 heavy (non-hydrogen) atoms. The number of para-hydroxylation sites is 2. The van der Waals surface area contributed by atoms with Gasteiger partial charge in [-0.1, -0.05) is 23.9 Å². The van der Waals surface area contributed by atoms with Gasteiger partial charge in [0.05, 0.1) is 26.5 Å². The molecule has 0 atom stereocenters. The lowest BCUT2D eigenvalue weighted by Gasteiger charge is -2.10. The molecule has 0 saturated carbocycles. The Morgan fingerprint density at radius 3 is 2.52 bits per heavy atom. The number of aromatic nitrogens is 2. The molecule has 2 aromatic carbocycles. The Balaban J connectivity index is 1.40. The van der Waals surface area contributed by atoms with Crippen LogP contribution in [0.1, 0.15) is 0 Å². The van der Waals surface area contributed by atoms with Gasteiger partial charge in [-0.15, -0.1) is 10.2 Å². The van der Waals surface area contributed by atoms with Crippen LogP contribution in [0.25, 0.3) is 11.5 Å². The summed E-state index contributed by atoms with van der Waals surface area (Å²) in [5.74, 6) is 2.44. The van der Waals surface area contributed by atoms with Crippen molar-refractivity contribution in [3.8, 4) is 28.7 Å². The minimum atomic E-state index is -0.150. The number of hydrogen-bond donors (Lipinski definition) is 1. The van der Waals surface area contributed by atoms with Crippen LogP contribution in [-0.4, -0.2) is 49.2 Å². The first kappa shape index (κ1) is 20.5. The SMILES string of the molecule is COc1ccc(-c2nnc(SCC(=O)NCCOc3ccccc3OC)o2)cc1. The fourth-order valence-corrected chi connectivity index (χ4v) is 2.98. The van der Waals surface area contributed by atoms with E-state index in [1.165, 1.54) is 11.8 Å². The number of ether oxygens (including phenoxy) is 3. The molecule has 1 amide bonds. The molecule has 9 heteroatoms. The van der Waals surface area contributed by atoms with E-state index in [4.69, 9.17) is 18.6 Å². The Hall–Kier alpha value is -3.20. The van der Waals surface area contributed by atoms with Crippen molar-refractivity contribution < 1.29 is 23.4 Å². The maximum Gasteiger partial charge on any atom is 0.277 e. The fourth-order valence-electron chi connectivity index (χ4n) is 2.39. The van der Waals surface area contributed by atoms with Crippen LogP contribution in [0.5, 0.6) is 17.2 Å². The molecular weight excluding hydrogens is 394 g/mol. The summed E-state index contributed by atoms with van der Waals surface area (Å²) in [6.07, 6.45) is 0. The van der Waals surface area contributed by atoms with Crippen LogP contribution >= 0.6 is 11.8 Å². The van der Waals surface area contributed by atoms with Crippen LogP contribution < -0.4 is 19.5 Å². The zero-order valence-electron chi connectivity index (χ0n) is 16.1. The zero-order chi connectivity index (χ0) is 20.5. The third-order valence-corrected chi connectivity index (χ3v) is 4.64. The zero-order valence-corrected chi connectivity index (χ0v) is 16.9. The standard InChI is InChI=1S/C20H21N3O5S/c1-25-15-9-7-14(8-10-15)19-22-23-20(28-19)29-13-18(24)21-11-12-27-17-6-4-3-5-16(17)26-2/h3-10H,11-13H2,1-2H3,(H,21,24). The van der Waals surface area contributed by atoms with Crippen LogP contribution in [0.4, 0.5) is 0 Å². The van der Waals surface area contributed by atoms with Crippen molar-refractivity contribution in [3.63, 3.8) is 0 Å². The third kappa shape index (κ3) is 5.89. The summed E-state index contributed by atoms with van der Waals surface area (Å²) in [7, 11) is 3.19. The number of hydrogen-bond acceptors (Lipinski definition) is 8. The highest BCUT2D eigenvalue weighted by molar-refractivity contribution is 7.99. The van der Waals surface area contributed by atoms with E-state index in [9.17, 15) is 4.79 Å². The molecular formula is C20H21N3O5S. The number of carbonyl (C=O) groups is 1. The molecule has 1 N–H and O–H groups in total. The minimum absolute atomic E-state index is 0.150. The molecule has 0 aliphatic rings. The average Bonchev–Trinajstić information content (AvgIpc) is 3.24. The predicted molar refractivity (Wildman–Crippen MR) is 109 cm³/mol.